The minimum atomic E-state index is -0.199. The van der Waals surface area contributed by atoms with Crippen LogP contribution in [0.2, 0.25) is 0 Å². The van der Waals surface area contributed by atoms with Gasteiger partial charge in [0, 0.05) is 17.9 Å². The molecule has 0 saturated heterocycles. The predicted molar refractivity (Wildman–Crippen MR) is 104 cm³/mol. The van der Waals surface area contributed by atoms with Crippen molar-refractivity contribution < 1.29 is 14.3 Å². The van der Waals surface area contributed by atoms with Crippen LogP contribution in [0.3, 0.4) is 0 Å². The fourth-order valence-electron chi connectivity index (χ4n) is 4.34. The number of benzene rings is 1. The highest BCUT2D eigenvalue weighted by atomic mass is 16.7. The van der Waals surface area contributed by atoms with Crippen LogP contribution in [-0.4, -0.2) is 19.2 Å². The molecule has 1 aromatic carbocycles. The highest BCUT2D eigenvalue weighted by Crippen LogP contribution is 2.50. The lowest BCUT2D eigenvalue weighted by molar-refractivity contribution is -0.136. The first-order valence-electron chi connectivity index (χ1n) is 9.70. The molecule has 0 bridgehead atoms. The van der Waals surface area contributed by atoms with E-state index in [1.165, 1.54) is 5.56 Å². The summed E-state index contributed by atoms with van der Waals surface area (Å²) >= 11 is 0. The van der Waals surface area contributed by atoms with Crippen LogP contribution in [0.5, 0.6) is 0 Å². The topological polar surface area (TPSA) is 35.5 Å². The predicted octanol–water partition coefficient (Wildman–Crippen LogP) is 5.10. The minimum Gasteiger partial charge on any atom is -0.472 e. The lowest BCUT2D eigenvalue weighted by atomic mass is 9.62. The number of rotatable bonds is 6. The van der Waals surface area contributed by atoms with Gasteiger partial charge in [-0.15, -0.1) is 0 Å². The van der Waals surface area contributed by atoms with E-state index in [9.17, 15) is 4.79 Å². The van der Waals surface area contributed by atoms with Crippen LogP contribution in [0.25, 0.3) is 0 Å². The summed E-state index contributed by atoms with van der Waals surface area (Å²) in [7, 11) is 0. The standard InChI is InChI=1S/C23H30O3/c1-15(2)13-25-21-11-20-19(14-26-21)10-18(12-24)23(22(20)16(3)4)17-8-6-5-7-9-17/h5-10,12,14-16,20-23H,11,13H2,1-4H3/t20-,21-,22+,23+/m1/s1. The Labute approximate surface area is 157 Å². The summed E-state index contributed by atoms with van der Waals surface area (Å²) in [4.78, 5) is 11.9. The van der Waals surface area contributed by atoms with E-state index in [0.29, 0.717) is 30.3 Å². The fourth-order valence-corrected chi connectivity index (χ4v) is 4.34. The maximum absolute atomic E-state index is 11.9. The molecule has 2 aliphatic rings. The number of hydrogen-bond donors (Lipinski definition) is 0. The van der Waals surface area contributed by atoms with Crippen LogP contribution in [0.15, 0.2) is 53.8 Å². The first-order chi connectivity index (χ1) is 12.5. The molecule has 0 spiro atoms. The third-order valence-electron chi connectivity index (χ3n) is 5.45. The van der Waals surface area contributed by atoms with Crippen molar-refractivity contribution in [1.29, 1.82) is 0 Å². The molecule has 3 nitrogen and oxygen atoms in total. The van der Waals surface area contributed by atoms with Crippen molar-refractivity contribution >= 4 is 6.29 Å². The first kappa shape index (κ1) is 18.9. The Morgan fingerprint density at radius 1 is 1.19 bits per heavy atom. The second-order valence-electron chi connectivity index (χ2n) is 8.22. The van der Waals surface area contributed by atoms with Gasteiger partial charge in [0.15, 0.2) is 6.29 Å². The van der Waals surface area contributed by atoms with E-state index in [1.54, 1.807) is 0 Å². The highest BCUT2D eigenvalue weighted by molar-refractivity contribution is 5.78. The molecule has 1 heterocycles. The van der Waals surface area contributed by atoms with Gasteiger partial charge in [0.2, 0.25) is 0 Å². The fraction of sp³-hybridized carbons (Fsp3) is 0.522. The van der Waals surface area contributed by atoms with Crippen molar-refractivity contribution in [3.63, 3.8) is 0 Å². The quantitative estimate of drug-likeness (QED) is 0.667. The van der Waals surface area contributed by atoms with Crippen molar-refractivity contribution in [3.8, 4) is 0 Å². The SMILES string of the molecule is CC(C)CO[C@H]1C[C@@H]2C(=CO1)C=C(C=O)[C@H](c1ccccc1)[C@H]2C(C)C. The maximum atomic E-state index is 11.9. The van der Waals surface area contributed by atoms with Gasteiger partial charge in [-0.1, -0.05) is 58.0 Å². The Bertz CT molecular complexity index is 672. The van der Waals surface area contributed by atoms with Gasteiger partial charge in [-0.25, -0.2) is 0 Å². The number of ether oxygens (including phenoxy) is 2. The molecule has 4 atom stereocenters. The molecular formula is C23H30O3. The monoisotopic (exact) mass is 354 g/mol. The molecule has 0 radical (unpaired) electrons. The molecule has 0 aromatic heterocycles. The van der Waals surface area contributed by atoms with E-state index in [0.717, 1.165) is 23.9 Å². The van der Waals surface area contributed by atoms with Gasteiger partial charge in [0.1, 0.15) is 6.29 Å². The number of fused-ring (bicyclic) bond motifs is 1. The van der Waals surface area contributed by atoms with Crippen LogP contribution >= 0.6 is 0 Å². The third kappa shape index (κ3) is 3.93. The van der Waals surface area contributed by atoms with E-state index in [1.807, 2.05) is 18.4 Å². The average molecular weight is 354 g/mol. The Morgan fingerprint density at radius 2 is 1.92 bits per heavy atom. The zero-order chi connectivity index (χ0) is 18.7. The van der Waals surface area contributed by atoms with Gasteiger partial charge in [0.25, 0.3) is 0 Å². The lowest BCUT2D eigenvalue weighted by Crippen LogP contribution is -2.38. The highest BCUT2D eigenvalue weighted by Gasteiger charge is 2.42. The van der Waals surface area contributed by atoms with Gasteiger partial charge in [0.05, 0.1) is 12.9 Å². The number of allylic oxidation sites excluding steroid dienone is 3. The molecule has 1 aliphatic carbocycles. The Balaban J connectivity index is 1.95. The smallest absolute Gasteiger partial charge is 0.199 e. The molecule has 140 valence electrons. The first-order valence-corrected chi connectivity index (χ1v) is 9.70. The van der Waals surface area contributed by atoms with Crippen molar-refractivity contribution in [1.82, 2.24) is 0 Å². The minimum absolute atomic E-state index is 0.125. The van der Waals surface area contributed by atoms with Gasteiger partial charge in [-0.05, 0) is 40.9 Å². The van der Waals surface area contributed by atoms with E-state index in [-0.39, 0.29) is 12.2 Å². The summed E-state index contributed by atoms with van der Waals surface area (Å²) < 4.78 is 11.8. The van der Waals surface area contributed by atoms with E-state index < -0.39 is 0 Å². The molecule has 0 N–H and O–H groups in total. The van der Waals surface area contributed by atoms with Crippen molar-refractivity contribution in [2.45, 2.75) is 46.3 Å². The van der Waals surface area contributed by atoms with E-state index in [4.69, 9.17) is 9.47 Å². The van der Waals surface area contributed by atoms with Crippen LogP contribution in [0, 0.1) is 23.7 Å². The van der Waals surface area contributed by atoms with Crippen molar-refractivity contribution in [3.05, 3.63) is 59.4 Å². The zero-order valence-electron chi connectivity index (χ0n) is 16.2. The number of carbonyl (C=O) groups excluding carboxylic acids is 1. The lowest BCUT2D eigenvalue weighted by Gasteiger charge is -2.44. The van der Waals surface area contributed by atoms with Crippen LogP contribution in [0.1, 0.15) is 45.6 Å². The normalized spacial score (nSPS) is 28.2. The zero-order valence-corrected chi connectivity index (χ0v) is 16.2. The summed E-state index contributed by atoms with van der Waals surface area (Å²) in [5.74, 6) is 1.74. The summed E-state index contributed by atoms with van der Waals surface area (Å²) in [6, 6.07) is 10.4. The van der Waals surface area contributed by atoms with Gasteiger partial charge >= 0.3 is 0 Å². The van der Waals surface area contributed by atoms with Gasteiger partial charge < -0.3 is 9.47 Å². The number of carbonyl (C=O) groups is 1. The Morgan fingerprint density at radius 3 is 2.54 bits per heavy atom. The maximum Gasteiger partial charge on any atom is 0.199 e. The third-order valence-corrected chi connectivity index (χ3v) is 5.45. The van der Waals surface area contributed by atoms with E-state index >= 15 is 0 Å². The van der Waals surface area contributed by atoms with Crippen molar-refractivity contribution in [2.24, 2.45) is 23.7 Å². The van der Waals surface area contributed by atoms with Crippen molar-refractivity contribution in [2.75, 3.05) is 6.61 Å². The molecule has 0 amide bonds. The van der Waals surface area contributed by atoms with E-state index in [2.05, 4.69) is 52.0 Å². The Hall–Kier alpha value is -1.87. The summed E-state index contributed by atoms with van der Waals surface area (Å²) in [6.07, 6.45) is 5.51. The summed E-state index contributed by atoms with van der Waals surface area (Å²) in [6.45, 7) is 9.50. The van der Waals surface area contributed by atoms with Gasteiger partial charge in [-0.3, -0.25) is 4.79 Å². The second kappa shape index (κ2) is 8.22. The molecule has 0 unspecified atom stereocenters. The number of aldehydes is 1. The number of hydrogen-bond acceptors (Lipinski definition) is 3. The molecule has 3 rings (SSSR count). The van der Waals surface area contributed by atoms with Crippen LogP contribution in [-0.2, 0) is 14.3 Å². The van der Waals surface area contributed by atoms with Crippen LogP contribution < -0.4 is 0 Å². The average Bonchev–Trinajstić information content (AvgIpc) is 2.65. The Kier molecular flexibility index (Phi) is 5.98. The molecular weight excluding hydrogens is 324 g/mol. The molecule has 0 saturated carbocycles. The molecule has 1 aliphatic heterocycles. The van der Waals surface area contributed by atoms with Gasteiger partial charge in [-0.2, -0.15) is 0 Å². The molecule has 3 heteroatoms. The largest absolute Gasteiger partial charge is 0.472 e. The molecule has 1 aromatic rings. The molecule has 0 fully saturated rings. The summed E-state index contributed by atoms with van der Waals surface area (Å²) in [5.41, 5.74) is 3.19. The molecule has 26 heavy (non-hydrogen) atoms. The summed E-state index contributed by atoms with van der Waals surface area (Å²) in [5, 5.41) is 0. The van der Waals surface area contributed by atoms with Crippen LogP contribution in [0.4, 0.5) is 0 Å². The second-order valence-corrected chi connectivity index (χ2v) is 8.22.